The predicted molar refractivity (Wildman–Crippen MR) is 97.6 cm³/mol. The third-order valence-electron chi connectivity index (χ3n) is 4.40. The molecule has 0 atom stereocenters. The Kier molecular flexibility index (Phi) is 5.92. The summed E-state index contributed by atoms with van der Waals surface area (Å²) in [6.45, 7) is 3.08. The summed E-state index contributed by atoms with van der Waals surface area (Å²) in [5.74, 6) is -0.711. The minimum Gasteiger partial charge on any atom is -0.339 e. The molecule has 1 N–H and O–H groups in total. The number of nitrogens with one attached hydrogen (secondary N) is 1. The lowest BCUT2D eigenvalue weighted by molar-refractivity contribution is -0.121. The number of nitrogens with zero attached hydrogens (tertiary/aromatic N) is 3. The third-order valence-corrected chi connectivity index (χ3v) is 5.30. The largest absolute Gasteiger partial charge is 0.339 e. The monoisotopic (exact) mass is 376 g/mol. The highest BCUT2D eigenvalue weighted by molar-refractivity contribution is 7.15. The molecule has 1 aliphatic heterocycles. The quantitative estimate of drug-likeness (QED) is 0.870. The van der Waals surface area contributed by atoms with Crippen molar-refractivity contribution in [3.8, 4) is 0 Å². The number of benzene rings is 1. The number of carbonyl (C=O) groups excluding carboxylic acids is 2. The topological polar surface area (TPSA) is 75.2 Å². The van der Waals surface area contributed by atoms with Crippen LogP contribution in [-0.2, 0) is 11.2 Å². The summed E-state index contributed by atoms with van der Waals surface area (Å²) >= 11 is 1.40. The Morgan fingerprint density at radius 2 is 1.92 bits per heavy atom. The first-order chi connectivity index (χ1) is 12.6. The van der Waals surface area contributed by atoms with E-state index in [1.165, 1.54) is 35.6 Å². The molecule has 1 aromatic heterocycles. The molecule has 6 nitrogen and oxygen atoms in total. The van der Waals surface area contributed by atoms with E-state index in [1.54, 1.807) is 4.90 Å². The molecule has 1 saturated heterocycles. The van der Waals surface area contributed by atoms with E-state index in [2.05, 4.69) is 22.4 Å². The van der Waals surface area contributed by atoms with Crippen molar-refractivity contribution in [3.05, 3.63) is 40.7 Å². The smallest absolute Gasteiger partial charge is 0.253 e. The van der Waals surface area contributed by atoms with Gasteiger partial charge in [-0.2, -0.15) is 0 Å². The molecular formula is C18H21FN4O2S. The van der Waals surface area contributed by atoms with E-state index in [9.17, 15) is 14.0 Å². The van der Waals surface area contributed by atoms with Gasteiger partial charge in [0.25, 0.3) is 5.91 Å². The number of hydrogen-bond donors (Lipinski definition) is 1. The maximum absolute atomic E-state index is 13.0. The fourth-order valence-electron chi connectivity index (χ4n) is 2.95. The number of aryl methyl sites for hydroxylation is 1. The Morgan fingerprint density at radius 3 is 2.58 bits per heavy atom. The molecule has 8 heteroatoms. The molecule has 2 aromatic rings. The molecular weight excluding hydrogens is 355 g/mol. The molecule has 138 valence electrons. The van der Waals surface area contributed by atoms with Crippen LogP contribution in [0.3, 0.4) is 0 Å². The first-order valence-electron chi connectivity index (χ1n) is 8.75. The van der Waals surface area contributed by atoms with Gasteiger partial charge in [-0.15, -0.1) is 10.2 Å². The first-order valence-corrected chi connectivity index (χ1v) is 9.56. The van der Waals surface area contributed by atoms with Gasteiger partial charge in [0.1, 0.15) is 10.8 Å². The van der Waals surface area contributed by atoms with Gasteiger partial charge in [-0.25, -0.2) is 4.39 Å². The van der Waals surface area contributed by atoms with E-state index in [4.69, 9.17) is 0 Å². The van der Waals surface area contributed by atoms with Crippen molar-refractivity contribution in [1.82, 2.24) is 15.1 Å². The summed E-state index contributed by atoms with van der Waals surface area (Å²) in [6.07, 6.45) is 3.04. The molecule has 0 radical (unpaired) electrons. The van der Waals surface area contributed by atoms with Crippen LogP contribution in [0.5, 0.6) is 0 Å². The zero-order valence-electron chi connectivity index (χ0n) is 14.6. The van der Waals surface area contributed by atoms with Gasteiger partial charge in [0.15, 0.2) is 0 Å². The number of piperidine rings is 1. The van der Waals surface area contributed by atoms with Crippen LogP contribution in [0.15, 0.2) is 24.3 Å². The maximum atomic E-state index is 13.0. The van der Waals surface area contributed by atoms with E-state index in [0.717, 1.165) is 17.8 Å². The number of halogens is 1. The second-order valence-corrected chi connectivity index (χ2v) is 7.38. The minimum absolute atomic E-state index is 0.0712. The number of likely N-dealkylation sites (tertiary alicyclic amines) is 1. The summed E-state index contributed by atoms with van der Waals surface area (Å²) in [6, 6.07) is 5.53. The van der Waals surface area contributed by atoms with Crippen LogP contribution < -0.4 is 5.32 Å². The zero-order valence-corrected chi connectivity index (χ0v) is 15.4. The fraction of sp³-hybridized carbons (Fsp3) is 0.444. The average Bonchev–Trinajstić information content (AvgIpc) is 3.09. The van der Waals surface area contributed by atoms with Gasteiger partial charge in [-0.1, -0.05) is 18.3 Å². The SMILES string of the molecule is CCCc1nnc(NC(=O)C2CCN(C(=O)c3ccc(F)cc3)CC2)s1. The number of aromatic nitrogens is 2. The highest BCUT2D eigenvalue weighted by Gasteiger charge is 2.28. The molecule has 2 heterocycles. The summed E-state index contributed by atoms with van der Waals surface area (Å²) in [5.41, 5.74) is 0.464. The lowest BCUT2D eigenvalue weighted by atomic mass is 9.95. The molecule has 0 spiro atoms. The Hall–Kier alpha value is -2.35. The molecule has 1 aliphatic rings. The third kappa shape index (κ3) is 4.43. The van der Waals surface area contributed by atoms with Crippen LogP contribution in [0, 0.1) is 11.7 Å². The van der Waals surface area contributed by atoms with E-state index >= 15 is 0 Å². The Morgan fingerprint density at radius 1 is 1.23 bits per heavy atom. The Balaban J connectivity index is 1.51. The van der Waals surface area contributed by atoms with Gasteiger partial charge in [0.2, 0.25) is 11.0 Å². The van der Waals surface area contributed by atoms with Crippen molar-refractivity contribution in [2.75, 3.05) is 18.4 Å². The number of hydrogen-bond acceptors (Lipinski definition) is 5. The van der Waals surface area contributed by atoms with Crippen molar-refractivity contribution in [1.29, 1.82) is 0 Å². The molecule has 3 rings (SSSR count). The van der Waals surface area contributed by atoms with Crippen molar-refractivity contribution in [3.63, 3.8) is 0 Å². The molecule has 0 unspecified atom stereocenters. The lowest BCUT2D eigenvalue weighted by Crippen LogP contribution is -2.41. The summed E-state index contributed by atoms with van der Waals surface area (Å²) in [5, 5.41) is 12.3. The molecule has 0 aliphatic carbocycles. The van der Waals surface area contributed by atoms with Crippen molar-refractivity contribution < 1.29 is 14.0 Å². The summed E-state index contributed by atoms with van der Waals surface area (Å²) in [7, 11) is 0. The second kappa shape index (κ2) is 8.35. The van der Waals surface area contributed by atoms with Crippen molar-refractivity contribution in [2.45, 2.75) is 32.6 Å². The number of amides is 2. The minimum atomic E-state index is -0.365. The van der Waals surface area contributed by atoms with E-state index in [-0.39, 0.29) is 23.5 Å². The van der Waals surface area contributed by atoms with E-state index in [0.29, 0.717) is 36.6 Å². The molecule has 1 fully saturated rings. The van der Waals surface area contributed by atoms with Gasteiger partial charge in [0, 0.05) is 31.0 Å². The highest BCUT2D eigenvalue weighted by Crippen LogP contribution is 2.23. The normalized spacial score (nSPS) is 15.1. The number of rotatable bonds is 5. The molecule has 26 heavy (non-hydrogen) atoms. The van der Waals surface area contributed by atoms with Crippen LogP contribution in [-0.4, -0.2) is 40.0 Å². The molecule has 0 saturated carbocycles. The zero-order chi connectivity index (χ0) is 18.5. The standard InChI is InChI=1S/C18H21FN4O2S/c1-2-3-15-21-22-18(26-15)20-16(24)12-8-10-23(11-9-12)17(25)13-4-6-14(19)7-5-13/h4-7,12H,2-3,8-11H2,1H3,(H,20,22,24). The number of carbonyl (C=O) groups is 2. The highest BCUT2D eigenvalue weighted by atomic mass is 32.1. The summed E-state index contributed by atoms with van der Waals surface area (Å²) < 4.78 is 13.0. The average molecular weight is 376 g/mol. The fourth-order valence-corrected chi connectivity index (χ4v) is 3.79. The van der Waals surface area contributed by atoms with Gasteiger partial charge in [-0.05, 0) is 43.5 Å². The van der Waals surface area contributed by atoms with Crippen molar-refractivity contribution in [2.24, 2.45) is 5.92 Å². The summed E-state index contributed by atoms with van der Waals surface area (Å²) in [4.78, 5) is 26.5. The predicted octanol–water partition coefficient (Wildman–Crippen LogP) is 3.12. The second-order valence-electron chi connectivity index (χ2n) is 6.31. The van der Waals surface area contributed by atoms with Crippen LogP contribution >= 0.6 is 11.3 Å². The van der Waals surface area contributed by atoms with E-state index < -0.39 is 0 Å². The van der Waals surface area contributed by atoms with Crippen LogP contribution in [0.4, 0.5) is 9.52 Å². The van der Waals surface area contributed by atoms with Crippen LogP contribution in [0.2, 0.25) is 0 Å². The van der Waals surface area contributed by atoms with E-state index in [1.807, 2.05) is 0 Å². The van der Waals surface area contributed by atoms with Crippen LogP contribution in [0.1, 0.15) is 41.6 Å². The molecule has 1 aromatic carbocycles. The Labute approximate surface area is 155 Å². The van der Waals surface area contributed by atoms with Gasteiger partial charge >= 0.3 is 0 Å². The van der Waals surface area contributed by atoms with Crippen LogP contribution in [0.25, 0.3) is 0 Å². The van der Waals surface area contributed by atoms with Crippen molar-refractivity contribution >= 4 is 28.3 Å². The molecule has 0 bridgehead atoms. The first kappa shape index (κ1) is 18.4. The lowest BCUT2D eigenvalue weighted by Gasteiger charge is -2.31. The Bertz CT molecular complexity index is 770. The van der Waals surface area contributed by atoms with Gasteiger partial charge < -0.3 is 10.2 Å². The molecule has 2 amide bonds. The number of anilines is 1. The van der Waals surface area contributed by atoms with Gasteiger partial charge in [0.05, 0.1) is 0 Å². The maximum Gasteiger partial charge on any atom is 0.253 e. The van der Waals surface area contributed by atoms with Gasteiger partial charge in [-0.3, -0.25) is 9.59 Å².